The van der Waals surface area contributed by atoms with Crippen molar-refractivity contribution in [1.82, 2.24) is 0 Å². The van der Waals surface area contributed by atoms with E-state index >= 15 is 0 Å². The number of ether oxygens (including phenoxy) is 4. The third-order valence-corrected chi connectivity index (χ3v) is 11.7. The summed E-state index contributed by atoms with van der Waals surface area (Å²) in [4.78, 5) is 11.9. The van der Waals surface area contributed by atoms with Gasteiger partial charge in [-0.05, 0) is 98.7 Å². The average Bonchev–Trinajstić information content (AvgIpc) is 3.20. The molecule has 0 radical (unpaired) electrons. The summed E-state index contributed by atoms with van der Waals surface area (Å²) < 4.78 is 23.8. The lowest BCUT2D eigenvalue weighted by atomic mass is 9.44. The molecule has 37 heavy (non-hydrogen) atoms. The van der Waals surface area contributed by atoms with Crippen LogP contribution in [0, 0.1) is 40.4 Å². The lowest BCUT2D eigenvalue weighted by Gasteiger charge is -2.62. The molecule has 0 bridgehead atoms. The fourth-order valence-electron chi connectivity index (χ4n) is 9.74. The Hall–Kier alpha value is -0.990. The Labute approximate surface area is 222 Å². The predicted molar refractivity (Wildman–Crippen MR) is 138 cm³/mol. The number of carbonyl (C=O) groups is 1. The van der Waals surface area contributed by atoms with Crippen LogP contribution in [0.25, 0.3) is 0 Å². The maximum absolute atomic E-state index is 11.9. The van der Waals surface area contributed by atoms with Gasteiger partial charge in [0.25, 0.3) is 0 Å². The lowest BCUT2D eigenvalue weighted by Crippen LogP contribution is -2.63. The molecular formula is C30H48O7. The molecular weight excluding hydrogens is 472 g/mol. The van der Waals surface area contributed by atoms with Crippen LogP contribution >= 0.6 is 0 Å². The summed E-state index contributed by atoms with van der Waals surface area (Å²) in [6.45, 7) is 12.2. The number of fused-ring (bicyclic) bond motifs is 5. The van der Waals surface area contributed by atoms with E-state index in [2.05, 4.69) is 26.5 Å². The summed E-state index contributed by atoms with van der Waals surface area (Å²) in [5, 5.41) is 21.9. The molecule has 1 aliphatic heterocycles. The molecule has 5 rings (SSSR count). The fourth-order valence-corrected chi connectivity index (χ4v) is 9.74. The minimum atomic E-state index is -0.950. The number of carbonyl (C=O) groups excluding carboxylic acids is 1. The summed E-state index contributed by atoms with van der Waals surface area (Å²) in [6, 6.07) is 0. The van der Waals surface area contributed by atoms with Gasteiger partial charge in [0.05, 0.1) is 18.3 Å². The molecule has 7 heteroatoms. The number of aliphatic hydroxyl groups is 2. The molecule has 0 aromatic rings. The molecule has 0 amide bonds. The highest BCUT2D eigenvalue weighted by atomic mass is 16.7. The topological polar surface area (TPSA) is 94.5 Å². The molecule has 14 atom stereocenters. The number of methoxy groups -OCH3 is 1. The highest BCUT2D eigenvalue weighted by Crippen LogP contribution is 2.67. The van der Waals surface area contributed by atoms with Crippen molar-refractivity contribution in [2.75, 3.05) is 7.11 Å². The van der Waals surface area contributed by atoms with E-state index in [9.17, 15) is 15.0 Å². The van der Waals surface area contributed by atoms with Crippen LogP contribution < -0.4 is 0 Å². The number of aliphatic hydroxyl groups excluding tert-OH is 2. The second-order valence-electron chi connectivity index (χ2n) is 13.2. The normalized spacial score (nSPS) is 53.5. The first kappa shape index (κ1) is 27.6. The van der Waals surface area contributed by atoms with Crippen LogP contribution in [0.2, 0.25) is 0 Å². The zero-order valence-corrected chi connectivity index (χ0v) is 23.3. The van der Waals surface area contributed by atoms with E-state index in [-0.39, 0.29) is 11.3 Å². The average molecular weight is 521 g/mol. The molecule has 5 fully saturated rings. The molecule has 210 valence electrons. The molecule has 7 unspecified atom stereocenters. The highest BCUT2D eigenvalue weighted by Gasteiger charge is 2.62. The summed E-state index contributed by atoms with van der Waals surface area (Å²) in [6.07, 6.45) is 6.01. The second kappa shape index (κ2) is 10.2. The van der Waals surface area contributed by atoms with Gasteiger partial charge in [-0.25, -0.2) is 0 Å². The Morgan fingerprint density at radius 2 is 1.62 bits per heavy atom. The highest BCUT2D eigenvalue weighted by molar-refractivity contribution is 5.66. The first-order chi connectivity index (χ1) is 17.5. The van der Waals surface area contributed by atoms with Gasteiger partial charge < -0.3 is 29.2 Å². The molecule has 0 aromatic heterocycles. The molecule has 0 spiro atoms. The molecule has 1 saturated heterocycles. The standard InChI is InChI=1S/C30H48O7/c1-7-18-8-10-20-19-9-11-22-25(23(32)13-15-30(22,5)21(19)12-14-29(18,20)4)37-28-27(36-17(3)31)26(34-6)24(33)16(2)35-28/h7,16,18-28,32-33H,1,8-15H2,2-6H3/t16?,18-,19-,20?,21?,22+,23-,24?,25+,26?,27?,28?,29+,30+/m0/s1. The van der Waals surface area contributed by atoms with E-state index in [0.29, 0.717) is 29.6 Å². The van der Waals surface area contributed by atoms with Crippen LogP contribution in [-0.4, -0.2) is 66.2 Å². The van der Waals surface area contributed by atoms with Crippen molar-refractivity contribution in [3.63, 3.8) is 0 Å². The zero-order valence-electron chi connectivity index (χ0n) is 23.3. The Morgan fingerprint density at radius 3 is 2.30 bits per heavy atom. The maximum Gasteiger partial charge on any atom is 0.303 e. The van der Waals surface area contributed by atoms with E-state index in [1.165, 1.54) is 39.7 Å². The molecule has 1 heterocycles. The zero-order chi connectivity index (χ0) is 26.7. The monoisotopic (exact) mass is 520 g/mol. The van der Waals surface area contributed by atoms with E-state index < -0.39 is 48.9 Å². The lowest BCUT2D eigenvalue weighted by molar-refractivity contribution is -0.330. The van der Waals surface area contributed by atoms with Gasteiger partial charge in [-0.1, -0.05) is 19.9 Å². The Morgan fingerprint density at radius 1 is 0.946 bits per heavy atom. The summed E-state index contributed by atoms with van der Waals surface area (Å²) in [5.74, 6) is 2.42. The van der Waals surface area contributed by atoms with Crippen LogP contribution in [0.15, 0.2) is 12.7 Å². The van der Waals surface area contributed by atoms with Gasteiger partial charge >= 0.3 is 5.97 Å². The first-order valence-corrected chi connectivity index (χ1v) is 14.5. The van der Waals surface area contributed by atoms with Crippen molar-refractivity contribution in [2.24, 2.45) is 40.4 Å². The van der Waals surface area contributed by atoms with Crippen LogP contribution in [-0.2, 0) is 23.7 Å². The summed E-state index contributed by atoms with van der Waals surface area (Å²) in [5.41, 5.74) is 0.452. The molecule has 7 nitrogen and oxygen atoms in total. The largest absolute Gasteiger partial charge is 0.454 e. The van der Waals surface area contributed by atoms with Crippen LogP contribution in [0.4, 0.5) is 0 Å². The third kappa shape index (κ3) is 4.41. The van der Waals surface area contributed by atoms with Crippen molar-refractivity contribution in [3.8, 4) is 0 Å². The molecule has 2 N–H and O–H groups in total. The van der Waals surface area contributed by atoms with Crippen molar-refractivity contribution < 1.29 is 34.0 Å². The summed E-state index contributed by atoms with van der Waals surface area (Å²) in [7, 11) is 1.49. The Kier molecular flexibility index (Phi) is 7.60. The van der Waals surface area contributed by atoms with Gasteiger partial charge in [0, 0.05) is 14.0 Å². The predicted octanol–water partition coefficient (Wildman–Crippen LogP) is 4.24. The smallest absolute Gasteiger partial charge is 0.303 e. The van der Waals surface area contributed by atoms with E-state index in [1.807, 2.05) is 0 Å². The van der Waals surface area contributed by atoms with E-state index in [1.54, 1.807) is 6.92 Å². The molecule has 4 saturated carbocycles. The van der Waals surface area contributed by atoms with Gasteiger partial charge in [0.2, 0.25) is 0 Å². The maximum atomic E-state index is 11.9. The quantitative estimate of drug-likeness (QED) is 0.414. The fraction of sp³-hybridized carbons (Fsp3) is 0.900. The molecule has 4 aliphatic carbocycles. The van der Waals surface area contributed by atoms with Crippen molar-refractivity contribution in [3.05, 3.63) is 12.7 Å². The Balaban J connectivity index is 1.39. The van der Waals surface area contributed by atoms with E-state index in [4.69, 9.17) is 18.9 Å². The molecule has 5 aliphatic rings. The van der Waals surface area contributed by atoms with Crippen LogP contribution in [0.1, 0.15) is 79.1 Å². The SMILES string of the molecule is C=C[C@H]1CCC2[C@@H]3CC[C@@H]4[C@@H](OC5OC(C)C(O)C(OC)C5OC(C)=O)[C@@H](O)CC[C@]4(C)C3CC[C@@]21C. The molecule has 0 aromatic carbocycles. The van der Waals surface area contributed by atoms with Crippen molar-refractivity contribution in [1.29, 1.82) is 0 Å². The van der Waals surface area contributed by atoms with Crippen molar-refractivity contribution in [2.45, 2.75) is 122 Å². The number of hydrogen-bond donors (Lipinski definition) is 2. The van der Waals surface area contributed by atoms with E-state index in [0.717, 1.165) is 25.2 Å². The number of rotatable bonds is 5. The first-order valence-electron chi connectivity index (χ1n) is 14.5. The van der Waals surface area contributed by atoms with Crippen LogP contribution in [0.3, 0.4) is 0 Å². The van der Waals surface area contributed by atoms with Crippen molar-refractivity contribution >= 4 is 5.97 Å². The van der Waals surface area contributed by atoms with Crippen LogP contribution in [0.5, 0.6) is 0 Å². The number of hydrogen-bond acceptors (Lipinski definition) is 7. The van der Waals surface area contributed by atoms with Gasteiger partial charge in [-0.15, -0.1) is 6.58 Å². The van der Waals surface area contributed by atoms with Gasteiger partial charge in [0.15, 0.2) is 12.4 Å². The summed E-state index contributed by atoms with van der Waals surface area (Å²) >= 11 is 0. The third-order valence-electron chi connectivity index (χ3n) is 11.7. The van der Waals surface area contributed by atoms with Gasteiger partial charge in [-0.3, -0.25) is 4.79 Å². The number of allylic oxidation sites excluding steroid dienone is 1. The number of esters is 1. The minimum absolute atomic E-state index is 0.0811. The second-order valence-corrected chi connectivity index (χ2v) is 13.2. The van der Waals surface area contributed by atoms with Gasteiger partial charge in [-0.2, -0.15) is 0 Å². The minimum Gasteiger partial charge on any atom is -0.454 e. The van der Waals surface area contributed by atoms with Gasteiger partial charge in [0.1, 0.15) is 12.2 Å². The Bertz CT molecular complexity index is 863.